The summed E-state index contributed by atoms with van der Waals surface area (Å²) in [4.78, 5) is 32.5. The molecule has 0 saturated heterocycles. The van der Waals surface area contributed by atoms with E-state index in [4.69, 9.17) is 0 Å². The molecule has 132 valence electrons. The van der Waals surface area contributed by atoms with E-state index in [2.05, 4.69) is 32.8 Å². The van der Waals surface area contributed by atoms with Crippen LogP contribution < -0.4 is 11.2 Å². The number of fused-ring (bicyclic) bond motifs is 1. The second-order valence-electron chi connectivity index (χ2n) is 5.74. The predicted molar refractivity (Wildman–Crippen MR) is 104 cm³/mol. The third-order valence-corrected chi connectivity index (χ3v) is 6.06. The number of aromatic amines is 1. The zero-order chi connectivity index (χ0) is 18.0. The summed E-state index contributed by atoms with van der Waals surface area (Å²) in [5, 5.41) is 0. The molecular formula is C17H19BrN4O2S. The molecule has 0 atom stereocenters. The van der Waals surface area contributed by atoms with Crippen molar-refractivity contribution in [3.05, 3.63) is 55.4 Å². The number of unbranched alkanes of at least 4 members (excludes halogenated alkanes) is 1. The SMILES string of the molecule is CCCCn1c(=O)[nH]c(=O)c2c1nc(CSc1ccccc1Br)n2C. The van der Waals surface area contributed by atoms with E-state index in [9.17, 15) is 9.59 Å². The predicted octanol–water partition coefficient (Wildman–Crippen LogP) is 3.28. The Labute approximate surface area is 157 Å². The van der Waals surface area contributed by atoms with Crippen molar-refractivity contribution < 1.29 is 0 Å². The van der Waals surface area contributed by atoms with Gasteiger partial charge >= 0.3 is 5.69 Å². The number of nitrogens with zero attached hydrogens (tertiary/aromatic N) is 3. The molecule has 0 radical (unpaired) electrons. The first-order chi connectivity index (χ1) is 12.0. The number of aryl methyl sites for hydroxylation is 2. The lowest BCUT2D eigenvalue weighted by Gasteiger charge is -2.05. The zero-order valence-electron chi connectivity index (χ0n) is 14.1. The first-order valence-electron chi connectivity index (χ1n) is 8.08. The standard InChI is InChI=1S/C17H19BrN4O2S/c1-3-4-9-22-15-14(16(23)20-17(22)24)21(2)13(19-15)10-25-12-8-6-5-7-11(12)18/h5-8H,3-4,9-10H2,1-2H3,(H,20,23,24). The van der Waals surface area contributed by atoms with Crippen molar-refractivity contribution >= 4 is 38.9 Å². The highest BCUT2D eigenvalue weighted by Crippen LogP contribution is 2.29. The van der Waals surface area contributed by atoms with Crippen LogP contribution in [0, 0.1) is 0 Å². The summed E-state index contributed by atoms with van der Waals surface area (Å²) in [6.07, 6.45) is 1.82. The average molecular weight is 423 g/mol. The Hall–Kier alpha value is -1.80. The molecule has 1 aromatic carbocycles. The lowest BCUT2D eigenvalue weighted by Crippen LogP contribution is -2.31. The van der Waals surface area contributed by atoms with Gasteiger partial charge in [-0.25, -0.2) is 9.78 Å². The number of hydrogen-bond acceptors (Lipinski definition) is 4. The molecule has 6 nitrogen and oxygen atoms in total. The van der Waals surface area contributed by atoms with Gasteiger partial charge in [0.25, 0.3) is 5.56 Å². The quantitative estimate of drug-likeness (QED) is 0.618. The Balaban J connectivity index is 2.01. The average Bonchev–Trinajstić information content (AvgIpc) is 2.91. The Bertz CT molecular complexity index is 1020. The molecule has 0 aliphatic heterocycles. The summed E-state index contributed by atoms with van der Waals surface area (Å²) in [6, 6.07) is 7.97. The van der Waals surface area contributed by atoms with Gasteiger partial charge in [0.2, 0.25) is 0 Å². The molecule has 0 aliphatic rings. The van der Waals surface area contributed by atoms with Crippen molar-refractivity contribution in [1.82, 2.24) is 19.1 Å². The molecular weight excluding hydrogens is 404 g/mol. The largest absolute Gasteiger partial charge is 0.330 e. The number of H-pyrrole nitrogens is 1. The van der Waals surface area contributed by atoms with Crippen molar-refractivity contribution in [2.45, 2.75) is 37.0 Å². The van der Waals surface area contributed by atoms with E-state index in [1.807, 2.05) is 31.3 Å². The highest BCUT2D eigenvalue weighted by atomic mass is 79.9. The van der Waals surface area contributed by atoms with Crippen LogP contribution in [0.4, 0.5) is 0 Å². The first kappa shape index (κ1) is 18.0. The van der Waals surface area contributed by atoms with E-state index in [-0.39, 0.29) is 5.56 Å². The maximum Gasteiger partial charge on any atom is 0.330 e. The van der Waals surface area contributed by atoms with E-state index in [0.717, 1.165) is 28.0 Å². The molecule has 2 aromatic heterocycles. The maximum atomic E-state index is 12.2. The number of hydrogen-bond donors (Lipinski definition) is 1. The van der Waals surface area contributed by atoms with Gasteiger partial charge in [-0.05, 0) is 34.5 Å². The fourth-order valence-corrected chi connectivity index (χ4v) is 4.20. The highest BCUT2D eigenvalue weighted by Gasteiger charge is 2.16. The smallest absolute Gasteiger partial charge is 0.325 e. The van der Waals surface area contributed by atoms with Gasteiger partial charge in [-0.2, -0.15) is 0 Å². The van der Waals surface area contributed by atoms with Gasteiger partial charge in [0, 0.05) is 23.0 Å². The van der Waals surface area contributed by atoms with Crippen molar-refractivity contribution in [3.8, 4) is 0 Å². The van der Waals surface area contributed by atoms with E-state index in [0.29, 0.717) is 23.5 Å². The van der Waals surface area contributed by atoms with E-state index >= 15 is 0 Å². The molecule has 0 bridgehead atoms. The van der Waals surface area contributed by atoms with Crippen LogP contribution in [0.5, 0.6) is 0 Å². The zero-order valence-corrected chi connectivity index (χ0v) is 16.5. The van der Waals surface area contributed by atoms with Crippen molar-refractivity contribution in [2.24, 2.45) is 7.05 Å². The minimum Gasteiger partial charge on any atom is -0.325 e. The number of aromatic nitrogens is 4. The molecule has 0 amide bonds. The van der Waals surface area contributed by atoms with Crippen LogP contribution in [-0.2, 0) is 19.3 Å². The van der Waals surface area contributed by atoms with Gasteiger partial charge in [0.05, 0.1) is 5.75 Å². The lowest BCUT2D eigenvalue weighted by molar-refractivity contribution is 0.613. The van der Waals surface area contributed by atoms with Gasteiger partial charge < -0.3 is 4.57 Å². The van der Waals surface area contributed by atoms with Crippen LogP contribution in [0.25, 0.3) is 11.2 Å². The maximum absolute atomic E-state index is 12.2. The Morgan fingerprint density at radius 2 is 2.04 bits per heavy atom. The van der Waals surface area contributed by atoms with Crippen LogP contribution >= 0.6 is 27.7 Å². The molecule has 8 heteroatoms. The number of nitrogens with one attached hydrogen (secondary N) is 1. The molecule has 0 aliphatic carbocycles. The van der Waals surface area contributed by atoms with Gasteiger partial charge in [0.15, 0.2) is 11.2 Å². The number of benzene rings is 1. The highest BCUT2D eigenvalue weighted by molar-refractivity contribution is 9.10. The Morgan fingerprint density at radius 1 is 1.28 bits per heavy atom. The molecule has 0 fully saturated rings. The minimum absolute atomic E-state index is 0.389. The molecule has 0 unspecified atom stereocenters. The topological polar surface area (TPSA) is 72.7 Å². The van der Waals surface area contributed by atoms with Crippen LogP contribution in [0.1, 0.15) is 25.6 Å². The first-order valence-corrected chi connectivity index (χ1v) is 9.86. The normalized spacial score (nSPS) is 11.3. The van der Waals surface area contributed by atoms with Crippen LogP contribution in [0.2, 0.25) is 0 Å². The number of imidazole rings is 1. The fourth-order valence-electron chi connectivity index (χ4n) is 2.65. The van der Waals surface area contributed by atoms with Crippen LogP contribution in [-0.4, -0.2) is 19.1 Å². The molecule has 1 N–H and O–H groups in total. The third kappa shape index (κ3) is 3.59. The van der Waals surface area contributed by atoms with Gasteiger partial charge in [-0.3, -0.25) is 14.3 Å². The number of rotatable bonds is 6. The van der Waals surface area contributed by atoms with E-state index in [1.165, 1.54) is 0 Å². The monoisotopic (exact) mass is 422 g/mol. The second-order valence-corrected chi connectivity index (χ2v) is 7.61. The van der Waals surface area contributed by atoms with Crippen molar-refractivity contribution in [2.75, 3.05) is 0 Å². The molecule has 25 heavy (non-hydrogen) atoms. The summed E-state index contributed by atoms with van der Waals surface area (Å²) in [5.74, 6) is 1.37. The van der Waals surface area contributed by atoms with Crippen LogP contribution in [0.15, 0.2) is 43.2 Å². The molecule has 3 rings (SSSR count). The summed E-state index contributed by atoms with van der Waals surface area (Å²) < 4.78 is 4.36. The summed E-state index contributed by atoms with van der Waals surface area (Å²) >= 11 is 5.17. The lowest BCUT2D eigenvalue weighted by atomic mass is 10.3. The van der Waals surface area contributed by atoms with E-state index < -0.39 is 5.69 Å². The van der Waals surface area contributed by atoms with Gasteiger partial charge in [-0.1, -0.05) is 25.5 Å². The Kier molecular flexibility index (Phi) is 5.48. The Morgan fingerprint density at radius 3 is 2.76 bits per heavy atom. The van der Waals surface area contributed by atoms with Crippen molar-refractivity contribution in [1.29, 1.82) is 0 Å². The number of halogens is 1. The minimum atomic E-state index is -0.394. The summed E-state index contributed by atoms with van der Waals surface area (Å²) in [6.45, 7) is 2.61. The van der Waals surface area contributed by atoms with Crippen LogP contribution in [0.3, 0.4) is 0 Å². The van der Waals surface area contributed by atoms with E-state index in [1.54, 1.807) is 20.9 Å². The third-order valence-electron chi connectivity index (χ3n) is 4.03. The molecule has 3 aromatic rings. The van der Waals surface area contributed by atoms with Gasteiger partial charge in [0.1, 0.15) is 5.82 Å². The van der Waals surface area contributed by atoms with Gasteiger partial charge in [-0.15, -0.1) is 11.8 Å². The molecule has 0 saturated carbocycles. The molecule has 2 heterocycles. The summed E-state index contributed by atoms with van der Waals surface area (Å²) in [5.41, 5.74) is 0.125. The second kappa shape index (κ2) is 7.61. The number of thioether (sulfide) groups is 1. The van der Waals surface area contributed by atoms with Crippen molar-refractivity contribution in [3.63, 3.8) is 0 Å². The fraction of sp³-hybridized carbons (Fsp3) is 0.353. The summed E-state index contributed by atoms with van der Waals surface area (Å²) in [7, 11) is 1.81. The molecule has 0 spiro atoms.